The molecule has 0 radical (unpaired) electrons. The molecule has 5 heteroatoms. The predicted octanol–water partition coefficient (Wildman–Crippen LogP) is 3.60. The average molecular weight is 331 g/mol. The van der Waals surface area contributed by atoms with Crippen LogP contribution >= 0.6 is 0 Å². The number of hydrogen-bond donors (Lipinski definition) is 1. The summed E-state index contributed by atoms with van der Waals surface area (Å²) in [7, 11) is 1.26. The molecular weight excluding hydrogens is 312 g/mol. The molecule has 2 rings (SSSR count). The molecule has 0 spiro atoms. The van der Waals surface area contributed by atoms with Crippen LogP contribution in [-0.4, -0.2) is 19.1 Å². The molecule has 0 aliphatic rings. The fourth-order valence-corrected chi connectivity index (χ4v) is 2.32. The molecule has 0 saturated carbocycles. The molecule has 1 atom stereocenters. The number of carbonyl (C=O) groups is 1. The Labute approximate surface area is 139 Å². The van der Waals surface area contributed by atoms with Crippen molar-refractivity contribution in [3.63, 3.8) is 0 Å². The number of nitrogens with two attached hydrogens (primary N) is 1. The molecule has 0 heterocycles. The molecule has 0 amide bonds. The molecule has 0 aliphatic carbocycles. The minimum Gasteiger partial charge on any atom is -0.468 e. The third-order valence-corrected chi connectivity index (χ3v) is 3.66. The Hall–Kier alpha value is -2.53. The van der Waals surface area contributed by atoms with Gasteiger partial charge in [0.1, 0.15) is 17.7 Å². The summed E-state index contributed by atoms with van der Waals surface area (Å²) in [6, 6.07) is 10.0. The topological polar surface area (TPSA) is 52.3 Å². The summed E-state index contributed by atoms with van der Waals surface area (Å²) >= 11 is 0. The number of halogens is 2. The van der Waals surface area contributed by atoms with E-state index in [-0.39, 0.29) is 12.0 Å². The lowest BCUT2D eigenvalue weighted by Crippen LogP contribution is -2.30. The van der Waals surface area contributed by atoms with Gasteiger partial charge in [-0.3, -0.25) is 4.79 Å². The Balaban J connectivity index is 2.45. The van der Waals surface area contributed by atoms with Crippen LogP contribution in [0.3, 0.4) is 0 Å². The first-order valence-electron chi connectivity index (χ1n) is 7.48. The highest BCUT2D eigenvalue weighted by molar-refractivity contribution is 5.81. The van der Waals surface area contributed by atoms with Gasteiger partial charge in [0.05, 0.1) is 7.11 Å². The van der Waals surface area contributed by atoms with Crippen molar-refractivity contribution in [3.05, 3.63) is 76.9 Å². The average Bonchev–Trinajstić information content (AvgIpc) is 2.57. The summed E-state index contributed by atoms with van der Waals surface area (Å²) in [5.41, 5.74) is 8.35. The zero-order valence-electron chi connectivity index (χ0n) is 13.6. The minimum absolute atomic E-state index is 0.173. The van der Waals surface area contributed by atoms with Crippen molar-refractivity contribution in [2.45, 2.75) is 19.4 Å². The van der Waals surface area contributed by atoms with Crippen molar-refractivity contribution < 1.29 is 18.3 Å². The Bertz CT molecular complexity index is 754. The Kier molecular flexibility index (Phi) is 5.82. The number of esters is 1. The zero-order valence-corrected chi connectivity index (χ0v) is 13.6. The van der Waals surface area contributed by atoms with Crippen LogP contribution in [0.4, 0.5) is 8.78 Å². The minimum atomic E-state index is -0.848. The van der Waals surface area contributed by atoms with Crippen molar-refractivity contribution in [1.82, 2.24) is 0 Å². The van der Waals surface area contributed by atoms with Crippen LogP contribution in [-0.2, 0) is 9.53 Å². The van der Waals surface area contributed by atoms with Crippen molar-refractivity contribution in [2.24, 2.45) is 5.73 Å². The lowest BCUT2D eigenvalue weighted by Gasteiger charge is -2.12. The Morgan fingerprint density at radius 2 is 1.88 bits per heavy atom. The number of benzene rings is 2. The third kappa shape index (κ3) is 4.26. The van der Waals surface area contributed by atoms with Crippen LogP contribution in [0.2, 0.25) is 0 Å². The van der Waals surface area contributed by atoms with E-state index in [4.69, 9.17) is 5.73 Å². The second-order valence-electron chi connectivity index (χ2n) is 5.47. The van der Waals surface area contributed by atoms with Gasteiger partial charge in [-0.25, -0.2) is 8.78 Å². The summed E-state index contributed by atoms with van der Waals surface area (Å²) in [5.74, 6) is -1.87. The quantitative estimate of drug-likeness (QED) is 0.852. The molecule has 1 unspecified atom stereocenters. The highest BCUT2D eigenvalue weighted by Crippen LogP contribution is 2.27. The number of hydrogen-bond acceptors (Lipinski definition) is 3. The highest BCUT2D eigenvalue weighted by Gasteiger charge is 2.15. The molecule has 2 aromatic rings. The van der Waals surface area contributed by atoms with Crippen LogP contribution in [0.15, 0.2) is 48.5 Å². The monoisotopic (exact) mass is 331 g/mol. The predicted molar refractivity (Wildman–Crippen MR) is 89.2 cm³/mol. The van der Waals surface area contributed by atoms with Gasteiger partial charge in [-0.1, -0.05) is 35.9 Å². The normalized spacial score (nSPS) is 12.8. The van der Waals surface area contributed by atoms with E-state index in [0.717, 1.165) is 17.2 Å². The maximum atomic E-state index is 14.2. The van der Waals surface area contributed by atoms with Crippen LogP contribution in [0.5, 0.6) is 0 Å². The van der Waals surface area contributed by atoms with Crippen molar-refractivity contribution in [2.75, 3.05) is 7.11 Å². The smallest absolute Gasteiger partial charge is 0.322 e. The third-order valence-electron chi connectivity index (χ3n) is 3.66. The SMILES string of the molecule is COC(=O)C(N)CC=C(c1ccc(C)cc1)c1ccc(F)cc1F. The van der Waals surface area contributed by atoms with Gasteiger partial charge >= 0.3 is 5.97 Å². The maximum absolute atomic E-state index is 14.2. The summed E-state index contributed by atoms with van der Waals surface area (Å²) < 4.78 is 32.0. The number of ether oxygens (including phenoxy) is 1. The molecule has 2 aromatic carbocycles. The summed E-state index contributed by atoms with van der Waals surface area (Å²) in [5, 5.41) is 0. The fourth-order valence-electron chi connectivity index (χ4n) is 2.32. The van der Waals surface area contributed by atoms with E-state index < -0.39 is 23.6 Å². The fraction of sp³-hybridized carbons (Fsp3) is 0.211. The van der Waals surface area contributed by atoms with E-state index in [2.05, 4.69) is 4.74 Å². The number of carbonyl (C=O) groups excluding carboxylic acids is 1. The molecule has 24 heavy (non-hydrogen) atoms. The Morgan fingerprint density at radius 1 is 1.21 bits per heavy atom. The molecule has 3 nitrogen and oxygen atoms in total. The standard InChI is InChI=1S/C19H19F2NO2/c1-12-3-5-13(6-4-12)15(9-10-18(22)19(23)24-2)16-8-7-14(20)11-17(16)21/h3-9,11,18H,10,22H2,1-2H3. The number of rotatable bonds is 5. The highest BCUT2D eigenvalue weighted by atomic mass is 19.1. The zero-order chi connectivity index (χ0) is 17.7. The second-order valence-corrected chi connectivity index (χ2v) is 5.47. The second kappa shape index (κ2) is 7.84. The van der Waals surface area contributed by atoms with E-state index in [1.54, 1.807) is 6.08 Å². The van der Waals surface area contributed by atoms with Gasteiger partial charge in [0.15, 0.2) is 0 Å². The molecule has 0 aliphatic heterocycles. The van der Waals surface area contributed by atoms with Crippen LogP contribution in [0, 0.1) is 18.6 Å². The van der Waals surface area contributed by atoms with Gasteiger partial charge in [-0.2, -0.15) is 0 Å². The summed E-state index contributed by atoms with van der Waals surface area (Å²) in [6.45, 7) is 1.94. The lowest BCUT2D eigenvalue weighted by atomic mass is 9.95. The molecule has 0 aromatic heterocycles. The summed E-state index contributed by atoms with van der Waals surface area (Å²) in [4.78, 5) is 11.5. The van der Waals surface area contributed by atoms with Crippen molar-refractivity contribution >= 4 is 11.5 Å². The van der Waals surface area contributed by atoms with Crippen LogP contribution in [0.25, 0.3) is 5.57 Å². The van der Waals surface area contributed by atoms with E-state index in [1.165, 1.54) is 19.2 Å². The largest absolute Gasteiger partial charge is 0.468 e. The Morgan fingerprint density at radius 3 is 2.46 bits per heavy atom. The van der Waals surface area contributed by atoms with Crippen LogP contribution in [0.1, 0.15) is 23.1 Å². The van der Waals surface area contributed by atoms with E-state index in [9.17, 15) is 13.6 Å². The van der Waals surface area contributed by atoms with Crippen molar-refractivity contribution in [1.29, 1.82) is 0 Å². The van der Waals surface area contributed by atoms with E-state index in [1.807, 2.05) is 31.2 Å². The lowest BCUT2D eigenvalue weighted by molar-refractivity contribution is -0.142. The van der Waals surface area contributed by atoms with Gasteiger partial charge in [0.25, 0.3) is 0 Å². The first-order chi connectivity index (χ1) is 11.4. The van der Waals surface area contributed by atoms with Gasteiger partial charge in [0, 0.05) is 11.6 Å². The first-order valence-corrected chi connectivity index (χ1v) is 7.48. The van der Waals surface area contributed by atoms with E-state index >= 15 is 0 Å². The summed E-state index contributed by atoms with van der Waals surface area (Å²) in [6.07, 6.45) is 1.84. The van der Waals surface area contributed by atoms with Gasteiger partial charge in [-0.05, 0) is 36.6 Å². The van der Waals surface area contributed by atoms with E-state index in [0.29, 0.717) is 5.57 Å². The number of aryl methyl sites for hydroxylation is 1. The molecule has 0 bridgehead atoms. The van der Waals surface area contributed by atoms with Gasteiger partial charge in [0.2, 0.25) is 0 Å². The number of methoxy groups -OCH3 is 1. The van der Waals surface area contributed by atoms with Crippen LogP contribution < -0.4 is 5.73 Å². The molecular formula is C19H19F2NO2. The van der Waals surface area contributed by atoms with Gasteiger partial charge < -0.3 is 10.5 Å². The molecule has 126 valence electrons. The molecule has 2 N–H and O–H groups in total. The van der Waals surface area contributed by atoms with Crippen molar-refractivity contribution in [3.8, 4) is 0 Å². The first kappa shape index (κ1) is 17.8. The molecule has 0 saturated heterocycles. The van der Waals surface area contributed by atoms with Gasteiger partial charge in [-0.15, -0.1) is 0 Å². The molecule has 0 fully saturated rings. The maximum Gasteiger partial charge on any atom is 0.322 e.